The number of aliphatic carboxylic acids is 1. The Bertz CT molecular complexity index is 314. The fourth-order valence-electron chi connectivity index (χ4n) is 0.746. The van der Waals surface area contributed by atoms with E-state index in [1.54, 1.807) is 6.20 Å². The first-order valence-corrected chi connectivity index (χ1v) is 4.69. The van der Waals surface area contributed by atoms with Crippen molar-refractivity contribution in [2.24, 2.45) is 0 Å². The van der Waals surface area contributed by atoms with E-state index in [1.807, 2.05) is 0 Å². The molecule has 1 rings (SSSR count). The molecule has 0 fully saturated rings. The van der Waals surface area contributed by atoms with Crippen molar-refractivity contribution in [1.29, 1.82) is 0 Å². The second kappa shape index (κ2) is 4.00. The normalized spacial score (nSPS) is 9.83. The summed E-state index contributed by atoms with van der Waals surface area (Å²) in [4.78, 5) is 14.2. The molecule has 12 heavy (non-hydrogen) atoms. The number of hydrogen-bond donors (Lipinski definition) is 1. The molecule has 0 unspecified atom stereocenters. The first-order valence-electron chi connectivity index (χ1n) is 3.11. The van der Waals surface area contributed by atoms with Crippen LogP contribution >= 0.6 is 31.9 Å². The monoisotopic (exact) mass is 293 g/mol. The number of nitrogens with zero attached hydrogens (tertiary/aromatic N) is 1. The number of hydrogen-bond acceptors (Lipinski definition) is 2. The maximum atomic E-state index is 10.4. The first-order chi connectivity index (χ1) is 5.61. The molecule has 0 amide bonds. The van der Waals surface area contributed by atoms with Crippen molar-refractivity contribution < 1.29 is 9.90 Å². The Hall–Kier alpha value is -0.420. The van der Waals surface area contributed by atoms with Crippen LogP contribution in [0, 0.1) is 0 Å². The van der Waals surface area contributed by atoms with Crippen molar-refractivity contribution in [1.82, 2.24) is 4.98 Å². The summed E-state index contributed by atoms with van der Waals surface area (Å²) >= 11 is 6.49. The van der Waals surface area contributed by atoms with E-state index in [0.717, 1.165) is 8.95 Å². The lowest BCUT2D eigenvalue weighted by Crippen LogP contribution is -2.01. The largest absolute Gasteiger partial charge is 0.481 e. The molecule has 1 aromatic rings. The highest BCUT2D eigenvalue weighted by Gasteiger charge is 2.07. The lowest BCUT2D eigenvalue weighted by Gasteiger charge is -2.01. The zero-order chi connectivity index (χ0) is 9.14. The quantitative estimate of drug-likeness (QED) is 0.910. The first kappa shape index (κ1) is 9.67. The number of pyridine rings is 1. The van der Waals surface area contributed by atoms with Crippen LogP contribution in [0.25, 0.3) is 0 Å². The average Bonchev–Trinajstić information content (AvgIpc) is 1.98. The van der Waals surface area contributed by atoms with Crippen molar-refractivity contribution in [2.45, 2.75) is 6.42 Å². The van der Waals surface area contributed by atoms with Crippen LogP contribution in [-0.4, -0.2) is 16.1 Å². The highest BCUT2D eigenvalue weighted by atomic mass is 79.9. The van der Waals surface area contributed by atoms with E-state index in [-0.39, 0.29) is 6.42 Å². The Labute approximate surface area is 86.1 Å². The fourth-order valence-corrected chi connectivity index (χ4v) is 1.46. The van der Waals surface area contributed by atoms with Crippen LogP contribution in [0.15, 0.2) is 21.3 Å². The van der Waals surface area contributed by atoms with Crippen molar-refractivity contribution in [3.05, 3.63) is 26.9 Å². The lowest BCUT2D eigenvalue weighted by atomic mass is 10.2. The Morgan fingerprint density at radius 3 is 2.75 bits per heavy atom. The predicted octanol–water partition coefficient (Wildman–Crippen LogP) is 2.23. The second-order valence-corrected chi connectivity index (χ2v) is 3.81. The van der Waals surface area contributed by atoms with Gasteiger partial charge >= 0.3 is 5.97 Å². The molecule has 1 N–H and O–H groups in total. The smallest absolute Gasteiger partial charge is 0.307 e. The highest BCUT2D eigenvalue weighted by Crippen LogP contribution is 2.25. The van der Waals surface area contributed by atoms with E-state index in [1.165, 1.54) is 6.20 Å². The highest BCUT2D eigenvalue weighted by molar-refractivity contribution is 9.13. The Balaban J connectivity index is 3.00. The van der Waals surface area contributed by atoms with Gasteiger partial charge in [-0.2, -0.15) is 0 Å². The summed E-state index contributed by atoms with van der Waals surface area (Å²) in [5.41, 5.74) is 0.664. The van der Waals surface area contributed by atoms with Gasteiger partial charge in [0.15, 0.2) is 0 Å². The van der Waals surface area contributed by atoms with Crippen molar-refractivity contribution in [3.63, 3.8) is 0 Å². The lowest BCUT2D eigenvalue weighted by molar-refractivity contribution is -0.136. The zero-order valence-corrected chi connectivity index (χ0v) is 9.09. The summed E-state index contributed by atoms with van der Waals surface area (Å²) in [7, 11) is 0. The van der Waals surface area contributed by atoms with Crippen molar-refractivity contribution in [2.75, 3.05) is 0 Å². The number of halogens is 2. The molecule has 0 saturated carbocycles. The molecule has 64 valence electrons. The molecule has 0 saturated heterocycles. The van der Waals surface area contributed by atoms with Gasteiger partial charge in [0, 0.05) is 16.9 Å². The topological polar surface area (TPSA) is 50.2 Å². The minimum Gasteiger partial charge on any atom is -0.481 e. The molecule has 0 aromatic carbocycles. The molecule has 3 nitrogen and oxygen atoms in total. The molecule has 0 radical (unpaired) electrons. The third-order valence-electron chi connectivity index (χ3n) is 1.25. The molecule has 0 bridgehead atoms. The van der Waals surface area contributed by atoms with Crippen LogP contribution in [-0.2, 0) is 11.2 Å². The fraction of sp³-hybridized carbons (Fsp3) is 0.143. The van der Waals surface area contributed by atoms with Gasteiger partial charge in [-0.05, 0) is 37.4 Å². The summed E-state index contributed by atoms with van der Waals surface area (Å²) < 4.78 is 1.51. The summed E-state index contributed by atoms with van der Waals surface area (Å²) in [5, 5.41) is 8.52. The Kier molecular flexibility index (Phi) is 3.22. The van der Waals surface area contributed by atoms with Gasteiger partial charge < -0.3 is 5.11 Å². The number of aromatic nitrogens is 1. The van der Waals surface area contributed by atoms with Gasteiger partial charge in [-0.1, -0.05) is 0 Å². The molecule has 0 aliphatic rings. The average molecular weight is 295 g/mol. The number of carbonyl (C=O) groups is 1. The molecule has 1 heterocycles. The number of rotatable bonds is 2. The molecule has 0 aliphatic heterocycles. The maximum Gasteiger partial charge on any atom is 0.307 e. The van der Waals surface area contributed by atoms with Crippen LogP contribution < -0.4 is 0 Å². The minimum absolute atomic E-state index is 0.0208. The van der Waals surface area contributed by atoms with E-state index in [9.17, 15) is 4.79 Å². The maximum absolute atomic E-state index is 10.4. The van der Waals surface area contributed by atoms with Gasteiger partial charge in [0.05, 0.1) is 10.9 Å². The predicted molar refractivity (Wildman–Crippen MR) is 51.0 cm³/mol. The molecule has 0 spiro atoms. The van der Waals surface area contributed by atoms with Crippen LogP contribution in [0.1, 0.15) is 5.56 Å². The van der Waals surface area contributed by atoms with Gasteiger partial charge in [-0.15, -0.1) is 0 Å². The molecular formula is C7H5Br2NO2. The Morgan fingerprint density at radius 2 is 2.17 bits per heavy atom. The molecular weight excluding hydrogens is 290 g/mol. The van der Waals surface area contributed by atoms with E-state index in [0.29, 0.717) is 5.56 Å². The van der Waals surface area contributed by atoms with Crippen molar-refractivity contribution >= 4 is 37.8 Å². The van der Waals surface area contributed by atoms with E-state index < -0.39 is 5.97 Å². The molecule has 0 atom stereocenters. The summed E-state index contributed by atoms with van der Waals surface area (Å²) in [6.45, 7) is 0. The van der Waals surface area contributed by atoms with Crippen LogP contribution in [0.2, 0.25) is 0 Å². The third kappa shape index (κ3) is 2.28. The van der Waals surface area contributed by atoms with Gasteiger partial charge in [-0.25, -0.2) is 0 Å². The van der Waals surface area contributed by atoms with Crippen LogP contribution in [0.4, 0.5) is 0 Å². The van der Waals surface area contributed by atoms with Gasteiger partial charge in [0.2, 0.25) is 0 Å². The van der Waals surface area contributed by atoms with Gasteiger partial charge in [0.25, 0.3) is 0 Å². The van der Waals surface area contributed by atoms with E-state index in [2.05, 4.69) is 36.8 Å². The van der Waals surface area contributed by atoms with Crippen molar-refractivity contribution in [3.8, 4) is 0 Å². The third-order valence-corrected chi connectivity index (χ3v) is 3.32. The standard InChI is InChI=1S/C7H5Br2NO2/c8-5-3-10-2-4(7(5)9)1-6(11)12/h2-3H,1H2,(H,11,12). The van der Waals surface area contributed by atoms with Gasteiger partial charge in [0.1, 0.15) is 0 Å². The zero-order valence-electron chi connectivity index (χ0n) is 5.92. The number of carboxylic acids is 1. The molecule has 0 aliphatic carbocycles. The minimum atomic E-state index is -0.865. The van der Waals surface area contributed by atoms with Crippen LogP contribution in [0.5, 0.6) is 0 Å². The SMILES string of the molecule is O=C(O)Cc1cncc(Br)c1Br. The van der Waals surface area contributed by atoms with E-state index in [4.69, 9.17) is 5.11 Å². The summed E-state index contributed by atoms with van der Waals surface area (Å²) in [6.07, 6.45) is 3.12. The summed E-state index contributed by atoms with van der Waals surface area (Å²) in [6, 6.07) is 0. The second-order valence-electron chi connectivity index (χ2n) is 2.16. The van der Waals surface area contributed by atoms with Gasteiger partial charge in [-0.3, -0.25) is 9.78 Å². The van der Waals surface area contributed by atoms with Crippen LogP contribution in [0.3, 0.4) is 0 Å². The van der Waals surface area contributed by atoms with E-state index >= 15 is 0 Å². The Morgan fingerprint density at radius 1 is 1.50 bits per heavy atom. The molecule has 1 aromatic heterocycles. The molecule has 5 heteroatoms. The summed E-state index contributed by atoms with van der Waals surface area (Å²) in [5.74, 6) is -0.865. The number of carboxylic acid groups (broad SMARTS) is 1.